The average Bonchev–Trinajstić information content (AvgIpc) is 2.89. The van der Waals surface area contributed by atoms with Crippen LogP contribution >= 0.6 is 0 Å². The molecule has 3 aromatic carbocycles. The van der Waals surface area contributed by atoms with Crippen LogP contribution in [0.3, 0.4) is 0 Å². The van der Waals surface area contributed by atoms with Gasteiger partial charge in [0.15, 0.2) is 0 Å². The molecule has 0 spiro atoms. The number of carbonyl (C=O) groups excluding carboxylic acids is 2. The lowest BCUT2D eigenvalue weighted by Crippen LogP contribution is -2.49. The fourth-order valence-corrected chi connectivity index (χ4v) is 3.76. The van der Waals surface area contributed by atoms with Gasteiger partial charge >= 0.3 is 0 Å². The number of amides is 2. The Morgan fingerprint density at radius 3 is 2.42 bits per heavy atom. The predicted octanol–water partition coefficient (Wildman–Crippen LogP) is 3.74. The van der Waals surface area contributed by atoms with Crippen molar-refractivity contribution in [3.63, 3.8) is 0 Å². The zero-order chi connectivity index (χ0) is 25.3. The maximum absolute atomic E-state index is 13.4. The van der Waals surface area contributed by atoms with Crippen molar-refractivity contribution in [2.45, 2.75) is 31.2 Å². The Morgan fingerprint density at radius 1 is 0.944 bits per heavy atom. The third-order valence-electron chi connectivity index (χ3n) is 5.63. The largest absolute Gasteiger partial charge is 0.457 e. The quantitative estimate of drug-likeness (QED) is 0.397. The van der Waals surface area contributed by atoms with Crippen molar-refractivity contribution in [1.82, 2.24) is 10.6 Å². The van der Waals surface area contributed by atoms with Crippen LogP contribution in [0.15, 0.2) is 91.0 Å². The summed E-state index contributed by atoms with van der Waals surface area (Å²) in [5, 5.41) is 15.3. The Kier molecular flexibility index (Phi) is 8.44. The summed E-state index contributed by atoms with van der Waals surface area (Å²) in [4.78, 5) is 24.8. The number of hydrogen-bond acceptors (Lipinski definition) is 5. The zero-order valence-corrected chi connectivity index (χ0v) is 19.5. The Hall–Kier alpha value is -4.01. The van der Waals surface area contributed by atoms with Crippen molar-refractivity contribution >= 4 is 11.8 Å². The molecular weight excluding hydrogens is 463 g/mol. The highest BCUT2D eigenvalue weighted by Gasteiger charge is 2.29. The van der Waals surface area contributed by atoms with Crippen LogP contribution in [0.1, 0.15) is 22.3 Å². The van der Waals surface area contributed by atoms with Crippen LogP contribution in [0.5, 0.6) is 11.5 Å². The summed E-state index contributed by atoms with van der Waals surface area (Å²) in [5.74, 6) is 0.234. The molecular formula is C28H27FN2O5. The molecule has 1 heterocycles. The number of benzene rings is 3. The number of halogens is 1. The molecule has 3 N–H and O–H groups in total. The second-order valence-electron chi connectivity index (χ2n) is 8.33. The molecule has 7 nitrogen and oxygen atoms in total. The molecule has 1 aliphatic heterocycles. The van der Waals surface area contributed by atoms with Crippen LogP contribution in [0.2, 0.25) is 0 Å². The van der Waals surface area contributed by atoms with E-state index in [9.17, 15) is 19.1 Å². The van der Waals surface area contributed by atoms with Crippen molar-refractivity contribution < 1.29 is 28.6 Å². The predicted molar refractivity (Wildman–Crippen MR) is 132 cm³/mol. The van der Waals surface area contributed by atoms with Gasteiger partial charge in [-0.1, -0.05) is 48.6 Å². The topological polar surface area (TPSA) is 96.9 Å². The first-order chi connectivity index (χ1) is 17.5. The second-order valence-corrected chi connectivity index (χ2v) is 8.33. The van der Waals surface area contributed by atoms with Gasteiger partial charge in [0.05, 0.1) is 25.2 Å². The van der Waals surface area contributed by atoms with Crippen LogP contribution in [-0.4, -0.2) is 41.8 Å². The number of nitrogens with one attached hydrogen (secondary N) is 2. The molecule has 0 radical (unpaired) electrons. The summed E-state index contributed by atoms with van der Waals surface area (Å²) in [6.07, 6.45) is 2.14. The van der Waals surface area contributed by atoms with Gasteiger partial charge in [-0.2, -0.15) is 0 Å². The van der Waals surface area contributed by atoms with Crippen LogP contribution in [0.4, 0.5) is 4.39 Å². The second kappa shape index (κ2) is 12.1. The van der Waals surface area contributed by atoms with E-state index in [-0.39, 0.29) is 24.5 Å². The smallest absolute Gasteiger partial charge is 0.251 e. The highest BCUT2D eigenvalue weighted by molar-refractivity contribution is 5.94. The Bertz CT molecular complexity index is 1200. The molecule has 0 saturated heterocycles. The van der Waals surface area contributed by atoms with Gasteiger partial charge in [0.1, 0.15) is 23.4 Å². The van der Waals surface area contributed by atoms with E-state index in [4.69, 9.17) is 9.47 Å². The summed E-state index contributed by atoms with van der Waals surface area (Å²) in [6, 6.07) is 21.6. The SMILES string of the molecule is O=C(C[C@@H]1C=C[C@@H](NC(=O)c2cccc(F)c2)[C@@H](CO)O1)NCc1ccc(Oc2ccccc2)cc1. The molecule has 0 fully saturated rings. The van der Waals surface area contributed by atoms with E-state index in [2.05, 4.69) is 10.6 Å². The summed E-state index contributed by atoms with van der Waals surface area (Å²) in [5.41, 5.74) is 1.08. The number of hydrogen-bond donors (Lipinski definition) is 3. The van der Waals surface area contributed by atoms with Crippen LogP contribution in [0, 0.1) is 5.82 Å². The zero-order valence-electron chi connectivity index (χ0n) is 19.5. The minimum atomic E-state index is -0.734. The van der Waals surface area contributed by atoms with E-state index in [0.29, 0.717) is 12.3 Å². The summed E-state index contributed by atoms with van der Waals surface area (Å²) in [6.45, 7) is -0.00934. The maximum Gasteiger partial charge on any atom is 0.251 e. The third-order valence-corrected chi connectivity index (χ3v) is 5.63. The van der Waals surface area contributed by atoms with Crippen molar-refractivity contribution in [1.29, 1.82) is 0 Å². The summed E-state index contributed by atoms with van der Waals surface area (Å²) >= 11 is 0. The van der Waals surface area contributed by atoms with Crippen LogP contribution in [0.25, 0.3) is 0 Å². The molecule has 3 atom stereocenters. The standard InChI is InChI=1S/C28H27FN2O5/c29-21-6-4-5-20(15-21)28(34)31-25-14-13-24(36-26(25)18-32)16-27(33)30-17-19-9-11-23(12-10-19)35-22-7-2-1-3-8-22/h1-15,24-26,32H,16-18H2,(H,30,33)(H,31,34)/t24-,25+,26+/m0/s1. The molecule has 0 aliphatic carbocycles. The van der Waals surface area contributed by atoms with Gasteiger partial charge in [-0.15, -0.1) is 0 Å². The van der Waals surface area contributed by atoms with Crippen molar-refractivity contribution in [2.24, 2.45) is 0 Å². The molecule has 4 rings (SSSR count). The van der Waals surface area contributed by atoms with E-state index in [1.807, 2.05) is 54.6 Å². The minimum Gasteiger partial charge on any atom is -0.457 e. The van der Waals surface area contributed by atoms with Gasteiger partial charge in [0, 0.05) is 12.1 Å². The molecule has 186 valence electrons. The highest BCUT2D eigenvalue weighted by atomic mass is 19.1. The molecule has 0 unspecified atom stereocenters. The maximum atomic E-state index is 13.4. The molecule has 0 aromatic heterocycles. The van der Waals surface area contributed by atoms with Gasteiger partial charge in [-0.3, -0.25) is 9.59 Å². The molecule has 2 amide bonds. The van der Waals surface area contributed by atoms with E-state index in [1.54, 1.807) is 12.2 Å². The Labute approximate surface area is 208 Å². The van der Waals surface area contributed by atoms with Crippen LogP contribution < -0.4 is 15.4 Å². The Balaban J connectivity index is 1.25. The normalized spacial score (nSPS) is 18.9. The first kappa shape index (κ1) is 25.1. The van der Waals surface area contributed by atoms with Gasteiger partial charge in [-0.25, -0.2) is 4.39 Å². The van der Waals surface area contributed by atoms with Crippen molar-refractivity contribution in [3.05, 3.63) is 108 Å². The lowest BCUT2D eigenvalue weighted by Gasteiger charge is -2.31. The number of para-hydroxylation sites is 1. The molecule has 8 heteroatoms. The number of aliphatic hydroxyl groups is 1. The Morgan fingerprint density at radius 2 is 1.69 bits per heavy atom. The van der Waals surface area contributed by atoms with Gasteiger partial charge in [0.25, 0.3) is 5.91 Å². The van der Waals surface area contributed by atoms with E-state index in [0.717, 1.165) is 17.4 Å². The lowest BCUT2D eigenvalue weighted by molar-refractivity contribution is -0.125. The van der Waals surface area contributed by atoms with E-state index >= 15 is 0 Å². The minimum absolute atomic E-state index is 0.0623. The van der Waals surface area contributed by atoms with E-state index < -0.39 is 30.0 Å². The van der Waals surface area contributed by atoms with Crippen LogP contribution in [-0.2, 0) is 16.1 Å². The molecule has 0 saturated carbocycles. The summed E-state index contributed by atoms with van der Waals surface area (Å²) < 4.78 is 25.0. The average molecular weight is 491 g/mol. The lowest BCUT2D eigenvalue weighted by atomic mass is 10.0. The molecule has 0 bridgehead atoms. The number of carbonyl (C=O) groups is 2. The fraction of sp³-hybridized carbons (Fsp3) is 0.214. The number of ether oxygens (including phenoxy) is 2. The molecule has 1 aliphatic rings. The van der Waals surface area contributed by atoms with Crippen molar-refractivity contribution in [2.75, 3.05) is 6.61 Å². The van der Waals surface area contributed by atoms with Crippen molar-refractivity contribution in [3.8, 4) is 11.5 Å². The van der Waals surface area contributed by atoms with E-state index in [1.165, 1.54) is 18.2 Å². The fourth-order valence-electron chi connectivity index (χ4n) is 3.76. The monoisotopic (exact) mass is 490 g/mol. The first-order valence-corrected chi connectivity index (χ1v) is 11.6. The van der Waals surface area contributed by atoms with Gasteiger partial charge < -0.3 is 25.2 Å². The number of rotatable bonds is 9. The summed E-state index contributed by atoms with van der Waals surface area (Å²) in [7, 11) is 0. The van der Waals surface area contributed by atoms with Gasteiger partial charge in [-0.05, 0) is 48.0 Å². The first-order valence-electron chi connectivity index (χ1n) is 11.6. The molecule has 36 heavy (non-hydrogen) atoms. The molecule has 3 aromatic rings. The third kappa shape index (κ3) is 7.00. The van der Waals surface area contributed by atoms with Gasteiger partial charge in [0.2, 0.25) is 5.91 Å². The number of aliphatic hydroxyl groups excluding tert-OH is 1. The highest BCUT2D eigenvalue weighted by Crippen LogP contribution is 2.21.